The van der Waals surface area contributed by atoms with Crippen molar-refractivity contribution in [1.29, 1.82) is 0 Å². The van der Waals surface area contributed by atoms with Crippen LogP contribution in [0.25, 0.3) is 11.0 Å². The van der Waals surface area contributed by atoms with Crippen molar-refractivity contribution < 1.29 is 14.2 Å². The fourth-order valence-electron chi connectivity index (χ4n) is 1.80. The van der Waals surface area contributed by atoms with Crippen LogP contribution in [0.1, 0.15) is 0 Å². The number of rotatable bonds is 4. The second-order valence-corrected chi connectivity index (χ2v) is 4.67. The van der Waals surface area contributed by atoms with Crippen molar-refractivity contribution in [3.05, 3.63) is 47.5 Å². The van der Waals surface area contributed by atoms with Gasteiger partial charge in [-0.15, -0.1) is 0 Å². The molecule has 1 amide bonds. The first-order valence-corrected chi connectivity index (χ1v) is 6.50. The minimum absolute atomic E-state index is 0.137. The van der Waals surface area contributed by atoms with Gasteiger partial charge >= 0.3 is 0 Å². The fourth-order valence-corrected chi connectivity index (χ4v) is 1.98. The van der Waals surface area contributed by atoms with Crippen LogP contribution in [0.15, 0.2) is 47.1 Å². The van der Waals surface area contributed by atoms with Gasteiger partial charge in [-0.05, 0) is 40.6 Å². The van der Waals surface area contributed by atoms with Crippen molar-refractivity contribution in [2.75, 3.05) is 11.9 Å². The summed E-state index contributed by atoms with van der Waals surface area (Å²) >= 11 is 5.84. The molecule has 0 atom stereocenters. The summed E-state index contributed by atoms with van der Waals surface area (Å²) in [5, 5.41) is 10.7. The van der Waals surface area contributed by atoms with E-state index in [1.54, 1.807) is 42.5 Å². The lowest BCUT2D eigenvalue weighted by Gasteiger charge is -2.07. The predicted molar refractivity (Wildman–Crippen MR) is 77.4 cm³/mol. The number of carbonyl (C=O) groups excluding carboxylic acids is 1. The summed E-state index contributed by atoms with van der Waals surface area (Å²) in [6.45, 7) is -0.137. The molecule has 0 saturated carbocycles. The molecule has 3 aromatic rings. The molecular formula is C14H10ClN3O3. The molecule has 7 heteroatoms. The number of fused-ring (bicyclic) bond motifs is 1. The number of nitrogens with one attached hydrogen (secondary N) is 1. The molecule has 21 heavy (non-hydrogen) atoms. The molecular weight excluding hydrogens is 294 g/mol. The smallest absolute Gasteiger partial charge is 0.262 e. The molecule has 1 heterocycles. The molecule has 106 valence electrons. The van der Waals surface area contributed by atoms with Crippen LogP contribution in [0.3, 0.4) is 0 Å². The number of benzene rings is 2. The Hall–Kier alpha value is -2.60. The van der Waals surface area contributed by atoms with E-state index in [4.69, 9.17) is 16.3 Å². The zero-order valence-corrected chi connectivity index (χ0v) is 11.5. The monoisotopic (exact) mass is 303 g/mol. The molecule has 0 radical (unpaired) electrons. The zero-order chi connectivity index (χ0) is 14.7. The van der Waals surface area contributed by atoms with Gasteiger partial charge in [-0.3, -0.25) is 4.79 Å². The highest BCUT2D eigenvalue weighted by atomic mass is 35.5. The van der Waals surface area contributed by atoms with Gasteiger partial charge in [0, 0.05) is 5.02 Å². The van der Waals surface area contributed by atoms with Gasteiger partial charge < -0.3 is 10.1 Å². The van der Waals surface area contributed by atoms with E-state index in [9.17, 15) is 4.79 Å². The minimum atomic E-state index is -0.314. The minimum Gasteiger partial charge on any atom is -0.484 e. The number of carbonyl (C=O) groups is 1. The zero-order valence-electron chi connectivity index (χ0n) is 10.7. The summed E-state index contributed by atoms with van der Waals surface area (Å²) in [5.41, 5.74) is 1.59. The lowest BCUT2D eigenvalue weighted by Crippen LogP contribution is -2.20. The summed E-state index contributed by atoms with van der Waals surface area (Å²) in [5.74, 6) is 0.212. The molecule has 0 saturated heterocycles. The first kappa shape index (κ1) is 13.4. The Balaban J connectivity index is 1.65. The van der Waals surface area contributed by atoms with Crippen LogP contribution in [0.5, 0.6) is 5.75 Å². The van der Waals surface area contributed by atoms with Crippen LogP contribution >= 0.6 is 11.6 Å². The number of halogens is 1. The van der Waals surface area contributed by atoms with Gasteiger partial charge in [0.1, 0.15) is 11.3 Å². The maximum absolute atomic E-state index is 11.9. The summed E-state index contributed by atoms with van der Waals surface area (Å²) in [7, 11) is 0. The summed E-state index contributed by atoms with van der Waals surface area (Å²) in [6.07, 6.45) is 0. The first-order valence-electron chi connectivity index (χ1n) is 6.12. The maximum atomic E-state index is 11.9. The predicted octanol–water partition coefficient (Wildman–Crippen LogP) is 2.89. The normalized spacial score (nSPS) is 10.5. The molecule has 0 spiro atoms. The number of aromatic nitrogens is 2. The van der Waals surface area contributed by atoms with Crippen molar-refractivity contribution in [3.8, 4) is 5.75 Å². The number of ether oxygens (including phenoxy) is 1. The standard InChI is InChI=1S/C14H10ClN3O3/c15-9-3-1-4-10(7-9)20-8-13(19)16-11-5-2-6-12-14(11)18-21-17-12/h1-7H,8H2,(H,16,19). The Morgan fingerprint density at radius 3 is 2.95 bits per heavy atom. The largest absolute Gasteiger partial charge is 0.484 e. The second-order valence-electron chi connectivity index (χ2n) is 4.23. The van der Waals surface area contributed by atoms with Crippen molar-refractivity contribution in [1.82, 2.24) is 10.3 Å². The molecule has 1 aromatic heterocycles. The van der Waals surface area contributed by atoms with E-state index in [1.165, 1.54) is 0 Å². The van der Waals surface area contributed by atoms with Gasteiger partial charge in [-0.2, -0.15) is 0 Å². The Morgan fingerprint density at radius 1 is 1.24 bits per heavy atom. The molecule has 0 fully saturated rings. The van der Waals surface area contributed by atoms with E-state index in [2.05, 4.69) is 20.3 Å². The Morgan fingerprint density at radius 2 is 2.10 bits per heavy atom. The molecule has 1 N–H and O–H groups in total. The third kappa shape index (κ3) is 3.11. The summed E-state index contributed by atoms with van der Waals surface area (Å²) in [6, 6.07) is 12.0. The van der Waals surface area contributed by atoms with Gasteiger partial charge in [0.05, 0.1) is 5.69 Å². The van der Waals surface area contributed by atoms with E-state index in [-0.39, 0.29) is 12.5 Å². The van der Waals surface area contributed by atoms with Crippen molar-refractivity contribution in [2.45, 2.75) is 0 Å². The molecule has 0 aliphatic carbocycles. The van der Waals surface area contributed by atoms with E-state index in [0.717, 1.165) is 0 Å². The van der Waals surface area contributed by atoms with Gasteiger partial charge in [0.2, 0.25) is 0 Å². The van der Waals surface area contributed by atoms with Gasteiger partial charge in [-0.1, -0.05) is 23.7 Å². The number of hydrogen-bond donors (Lipinski definition) is 1. The number of hydrogen-bond acceptors (Lipinski definition) is 5. The van der Waals surface area contributed by atoms with Crippen LogP contribution in [-0.4, -0.2) is 22.8 Å². The van der Waals surface area contributed by atoms with Crippen LogP contribution in [0.2, 0.25) is 5.02 Å². The Bertz CT molecular complexity index is 788. The van der Waals surface area contributed by atoms with Gasteiger partial charge in [-0.25, -0.2) is 4.63 Å². The summed E-state index contributed by atoms with van der Waals surface area (Å²) in [4.78, 5) is 11.9. The summed E-state index contributed by atoms with van der Waals surface area (Å²) < 4.78 is 9.99. The molecule has 0 unspecified atom stereocenters. The maximum Gasteiger partial charge on any atom is 0.262 e. The van der Waals surface area contributed by atoms with Crippen molar-refractivity contribution >= 4 is 34.2 Å². The quantitative estimate of drug-likeness (QED) is 0.802. The SMILES string of the molecule is O=C(COc1cccc(Cl)c1)Nc1cccc2nonc12. The first-order chi connectivity index (χ1) is 10.2. The Kier molecular flexibility index (Phi) is 3.70. The second kappa shape index (κ2) is 5.80. The van der Waals surface area contributed by atoms with Crippen molar-refractivity contribution in [2.24, 2.45) is 0 Å². The van der Waals surface area contributed by atoms with Crippen LogP contribution in [0.4, 0.5) is 5.69 Å². The van der Waals surface area contributed by atoms with Crippen LogP contribution in [-0.2, 0) is 4.79 Å². The third-order valence-corrected chi connectivity index (χ3v) is 2.96. The third-order valence-electron chi connectivity index (χ3n) is 2.73. The fraction of sp³-hybridized carbons (Fsp3) is 0.0714. The molecule has 0 bridgehead atoms. The van der Waals surface area contributed by atoms with Gasteiger partial charge in [0.15, 0.2) is 12.1 Å². The highest BCUT2D eigenvalue weighted by Gasteiger charge is 2.10. The van der Waals surface area contributed by atoms with Crippen LogP contribution < -0.4 is 10.1 Å². The number of amides is 1. The molecule has 3 rings (SSSR count). The molecule has 2 aromatic carbocycles. The van der Waals surface area contributed by atoms with E-state index in [1.807, 2.05) is 0 Å². The molecule has 6 nitrogen and oxygen atoms in total. The van der Waals surface area contributed by atoms with Crippen molar-refractivity contribution in [3.63, 3.8) is 0 Å². The van der Waals surface area contributed by atoms with Gasteiger partial charge in [0.25, 0.3) is 5.91 Å². The topological polar surface area (TPSA) is 77.2 Å². The highest BCUT2D eigenvalue weighted by Crippen LogP contribution is 2.20. The average Bonchev–Trinajstić information content (AvgIpc) is 2.95. The lowest BCUT2D eigenvalue weighted by molar-refractivity contribution is -0.118. The lowest BCUT2D eigenvalue weighted by atomic mass is 10.2. The van der Waals surface area contributed by atoms with E-state index in [0.29, 0.717) is 27.5 Å². The average molecular weight is 304 g/mol. The van der Waals surface area contributed by atoms with E-state index >= 15 is 0 Å². The highest BCUT2D eigenvalue weighted by molar-refractivity contribution is 6.30. The number of nitrogens with zero attached hydrogens (tertiary/aromatic N) is 2. The number of anilines is 1. The van der Waals surface area contributed by atoms with Crippen LogP contribution in [0, 0.1) is 0 Å². The Labute approximate surface area is 124 Å². The molecule has 0 aliphatic rings. The molecule has 0 aliphatic heterocycles. The van der Waals surface area contributed by atoms with E-state index < -0.39 is 0 Å².